The first kappa shape index (κ1) is 20.9. The predicted octanol–water partition coefficient (Wildman–Crippen LogP) is 5.39. The van der Waals surface area contributed by atoms with Crippen LogP contribution in [0.4, 0.5) is 15.8 Å². The smallest absolute Gasteiger partial charge is 0.255 e. The standard InChI is InChI=1S/C26H23FN4O2/c1-17-7-9-19(10-8-17)26-30-29-24(33-26)16-31-15-3-4-21-22(5-2-6-23(21)31)28-25(32)18-11-13-20(27)14-12-18/h2,5-14H,3-4,15-16H2,1H3,(H,28,32). The molecule has 3 aromatic carbocycles. The molecule has 33 heavy (non-hydrogen) atoms. The molecule has 0 bridgehead atoms. The third-order valence-electron chi connectivity index (χ3n) is 5.79. The number of nitrogens with one attached hydrogen (secondary N) is 1. The largest absolute Gasteiger partial charge is 0.419 e. The number of aromatic nitrogens is 2. The maximum Gasteiger partial charge on any atom is 0.255 e. The van der Waals surface area contributed by atoms with E-state index in [4.69, 9.17) is 4.42 Å². The van der Waals surface area contributed by atoms with Crippen LogP contribution in [0.25, 0.3) is 11.5 Å². The lowest BCUT2D eigenvalue weighted by molar-refractivity contribution is 0.102. The van der Waals surface area contributed by atoms with Crippen LogP contribution in [0, 0.1) is 12.7 Å². The van der Waals surface area contributed by atoms with Crippen LogP contribution < -0.4 is 10.2 Å². The molecule has 4 aromatic rings. The van der Waals surface area contributed by atoms with Crippen LogP contribution in [0.1, 0.15) is 33.8 Å². The van der Waals surface area contributed by atoms with Gasteiger partial charge in [-0.25, -0.2) is 4.39 Å². The average molecular weight is 442 g/mol. The molecule has 1 N–H and O–H groups in total. The summed E-state index contributed by atoms with van der Waals surface area (Å²) < 4.78 is 19.1. The Morgan fingerprint density at radius 2 is 1.85 bits per heavy atom. The summed E-state index contributed by atoms with van der Waals surface area (Å²) in [6.07, 6.45) is 1.79. The molecular formula is C26H23FN4O2. The van der Waals surface area contributed by atoms with Gasteiger partial charge in [-0.15, -0.1) is 10.2 Å². The molecule has 0 aliphatic carbocycles. The number of fused-ring (bicyclic) bond motifs is 1. The van der Waals surface area contributed by atoms with Gasteiger partial charge in [-0.05, 0) is 73.9 Å². The summed E-state index contributed by atoms with van der Waals surface area (Å²) in [6, 6.07) is 19.4. The highest BCUT2D eigenvalue weighted by Gasteiger charge is 2.22. The summed E-state index contributed by atoms with van der Waals surface area (Å²) in [5.41, 5.74) is 5.34. The molecule has 166 valence electrons. The fourth-order valence-corrected chi connectivity index (χ4v) is 4.07. The number of carbonyl (C=O) groups excluding carboxylic acids is 1. The Hall–Kier alpha value is -4.00. The highest BCUT2D eigenvalue weighted by molar-refractivity contribution is 6.05. The number of rotatable bonds is 5. The van der Waals surface area contributed by atoms with Crippen molar-refractivity contribution >= 4 is 17.3 Å². The summed E-state index contributed by atoms with van der Waals surface area (Å²) in [6.45, 7) is 3.37. The minimum atomic E-state index is -0.370. The summed E-state index contributed by atoms with van der Waals surface area (Å²) in [5, 5.41) is 11.4. The fourth-order valence-electron chi connectivity index (χ4n) is 4.07. The number of hydrogen-bond acceptors (Lipinski definition) is 5. The van der Waals surface area contributed by atoms with E-state index in [9.17, 15) is 9.18 Å². The van der Waals surface area contributed by atoms with Crippen LogP contribution in [0.3, 0.4) is 0 Å². The van der Waals surface area contributed by atoms with Crippen molar-refractivity contribution in [1.29, 1.82) is 0 Å². The van der Waals surface area contributed by atoms with Gasteiger partial charge in [0, 0.05) is 29.0 Å². The van der Waals surface area contributed by atoms with E-state index in [2.05, 4.69) is 20.4 Å². The van der Waals surface area contributed by atoms with Crippen molar-refractivity contribution in [2.75, 3.05) is 16.8 Å². The molecule has 0 radical (unpaired) electrons. The Morgan fingerprint density at radius 1 is 1.06 bits per heavy atom. The number of hydrogen-bond donors (Lipinski definition) is 1. The van der Waals surface area contributed by atoms with E-state index in [1.807, 2.05) is 49.4 Å². The Labute approximate surface area is 191 Å². The molecule has 0 fully saturated rings. The third-order valence-corrected chi connectivity index (χ3v) is 5.79. The first-order valence-corrected chi connectivity index (χ1v) is 10.9. The maximum atomic E-state index is 13.2. The van der Waals surface area contributed by atoms with Crippen molar-refractivity contribution in [3.63, 3.8) is 0 Å². The molecule has 1 aromatic heterocycles. The van der Waals surface area contributed by atoms with Crippen LogP contribution in [0.15, 0.2) is 71.1 Å². The fraction of sp³-hybridized carbons (Fsp3) is 0.192. The van der Waals surface area contributed by atoms with Crippen molar-refractivity contribution in [3.8, 4) is 11.5 Å². The van der Waals surface area contributed by atoms with E-state index >= 15 is 0 Å². The zero-order valence-corrected chi connectivity index (χ0v) is 18.2. The van der Waals surface area contributed by atoms with Crippen LogP contribution in [0.5, 0.6) is 0 Å². The van der Waals surface area contributed by atoms with E-state index in [-0.39, 0.29) is 11.7 Å². The monoisotopic (exact) mass is 442 g/mol. The Morgan fingerprint density at radius 3 is 2.64 bits per heavy atom. The van der Waals surface area contributed by atoms with Crippen molar-refractivity contribution in [2.24, 2.45) is 0 Å². The molecule has 1 aliphatic heterocycles. The van der Waals surface area contributed by atoms with Gasteiger partial charge in [-0.1, -0.05) is 23.8 Å². The second-order valence-corrected chi connectivity index (χ2v) is 8.16. The van der Waals surface area contributed by atoms with Crippen molar-refractivity contribution in [1.82, 2.24) is 10.2 Å². The number of benzene rings is 3. The lowest BCUT2D eigenvalue weighted by Crippen LogP contribution is -2.29. The number of aryl methyl sites for hydroxylation is 1. The van der Waals surface area contributed by atoms with Gasteiger partial charge in [0.25, 0.3) is 5.91 Å². The van der Waals surface area contributed by atoms with Gasteiger partial charge in [0.2, 0.25) is 11.8 Å². The molecule has 7 heteroatoms. The summed E-state index contributed by atoms with van der Waals surface area (Å²) >= 11 is 0. The zero-order valence-electron chi connectivity index (χ0n) is 18.2. The lowest BCUT2D eigenvalue weighted by Gasteiger charge is -2.31. The SMILES string of the molecule is Cc1ccc(-c2nnc(CN3CCCc4c(NC(=O)c5ccc(F)cc5)cccc43)o2)cc1. The minimum absolute atomic E-state index is 0.264. The second kappa shape index (κ2) is 8.86. The van der Waals surface area contributed by atoms with Gasteiger partial charge in [-0.2, -0.15) is 0 Å². The number of nitrogens with zero attached hydrogens (tertiary/aromatic N) is 3. The molecule has 1 aliphatic rings. The van der Waals surface area contributed by atoms with Crippen LogP contribution in [0.2, 0.25) is 0 Å². The molecule has 1 amide bonds. The summed E-state index contributed by atoms with van der Waals surface area (Å²) in [5.74, 6) is 0.410. The van der Waals surface area contributed by atoms with Crippen LogP contribution >= 0.6 is 0 Å². The summed E-state index contributed by atoms with van der Waals surface area (Å²) in [4.78, 5) is 14.9. The van der Waals surface area contributed by atoms with Crippen LogP contribution in [-0.4, -0.2) is 22.6 Å². The zero-order chi connectivity index (χ0) is 22.8. The number of halogens is 1. The quantitative estimate of drug-likeness (QED) is 0.449. The van der Waals surface area contributed by atoms with Crippen molar-refractivity contribution < 1.29 is 13.6 Å². The van der Waals surface area contributed by atoms with E-state index < -0.39 is 0 Å². The highest BCUT2D eigenvalue weighted by Crippen LogP contribution is 2.34. The first-order chi connectivity index (χ1) is 16.1. The van der Waals surface area contributed by atoms with Gasteiger partial charge >= 0.3 is 0 Å². The molecule has 0 saturated carbocycles. The third kappa shape index (κ3) is 4.48. The first-order valence-electron chi connectivity index (χ1n) is 10.9. The topological polar surface area (TPSA) is 71.3 Å². The van der Waals surface area contributed by atoms with Gasteiger partial charge < -0.3 is 14.6 Å². The average Bonchev–Trinajstić information content (AvgIpc) is 3.29. The number of anilines is 2. The number of carbonyl (C=O) groups is 1. The van der Waals surface area contributed by atoms with Gasteiger partial charge in [0.05, 0.1) is 6.54 Å². The molecule has 6 nitrogen and oxygen atoms in total. The van der Waals surface area contributed by atoms with E-state index in [1.54, 1.807) is 0 Å². The molecule has 2 heterocycles. The van der Waals surface area contributed by atoms with Crippen molar-refractivity contribution in [2.45, 2.75) is 26.3 Å². The van der Waals surface area contributed by atoms with Crippen LogP contribution in [-0.2, 0) is 13.0 Å². The highest BCUT2D eigenvalue weighted by atomic mass is 19.1. The molecule has 0 saturated heterocycles. The Kier molecular flexibility index (Phi) is 5.60. The van der Waals surface area contributed by atoms with Gasteiger partial charge in [0.1, 0.15) is 5.82 Å². The Balaban J connectivity index is 1.35. The maximum absolute atomic E-state index is 13.2. The lowest BCUT2D eigenvalue weighted by atomic mass is 9.99. The Bertz CT molecular complexity index is 1280. The minimum Gasteiger partial charge on any atom is -0.419 e. The van der Waals surface area contributed by atoms with Crippen molar-refractivity contribution in [3.05, 3.63) is 95.1 Å². The van der Waals surface area contributed by atoms with E-state index in [0.29, 0.717) is 23.9 Å². The molecule has 0 unspecified atom stereocenters. The van der Waals surface area contributed by atoms with E-state index in [0.717, 1.165) is 41.9 Å². The summed E-state index contributed by atoms with van der Waals surface area (Å²) in [7, 11) is 0. The molecule has 0 atom stereocenters. The normalized spacial score (nSPS) is 13.0. The predicted molar refractivity (Wildman–Crippen MR) is 125 cm³/mol. The molecule has 0 spiro atoms. The number of amides is 1. The second-order valence-electron chi connectivity index (χ2n) is 8.16. The van der Waals surface area contributed by atoms with E-state index in [1.165, 1.54) is 29.8 Å². The molecule has 5 rings (SSSR count). The molecular weight excluding hydrogens is 419 g/mol. The van der Waals surface area contributed by atoms with Gasteiger partial charge in [-0.3, -0.25) is 4.79 Å². The van der Waals surface area contributed by atoms with Gasteiger partial charge in [0.15, 0.2) is 0 Å².